The quantitative estimate of drug-likeness (QED) is 0.747. The van der Waals surface area contributed by atoms with Crippen LogP contribution >= 0.6 is 0 Å². The van der Waals surface area contributed by atoms with E-state index in [9.17, 15) is 9.59 Å². The highest BCUT2D eigenvalue weighted by Gasteiger charge is 2.28. The van der Waals surface area contributed by atoms with Crippen LogP contribution in [0.25, 0.3) is 0 Å². The van der Waals surface area contributed by atoms with Gasteiger partial charge in [0.15, 0.2) is 0 Å². The van der Waals surface area contributed by atoms with Crippen molar-refractivity contribution in [3.05, 3.63) is 60.2 Å². The first kappa shape index (κ1) is 18.5. The van der Waals surface area contributed by atoms with Gasteiger partial charge < -0.3 is 14.3 Å². The molecule has 25 heavy (non-hydrogen) atoms. The van der Waals surface area contributed by atoms with Gasteiger partial charge in [-0.3, -0.25) is 4.90 Å². The standard InChI is InChI=1S/C20H23NO4/c1-20(2,3)25-19(23)21(4)17(14-22)16-12-8-9-13-18(16)24-15-10-6-5-7-11-15/h5-14,17H,1-4H3. The van der Waals surface area contributed by atoms with E-state index in [4.69, 9.17) is 9.47 Å². The number of aldehydes is 1. The molecule has 0 heterocycles. The Kier molecular flexibility index (Phi) is 5.80. The smallest absolute Gasteiger partial charge is 0.410 e. The molecule has 1 unspecified atom stereocenters. The number of amides is 1. The van der Waals surface area contributed by atoms with Gasteiger partial charge in [0, 0.05) is 12.6 Å². The van der Waals surface area contributed by atoms with E-state index in [2.05, 4.69) is 0 Å². The number of carbonyl (C=O) groups is 2. The Balaban J connectivity index is 2.28. The summed E-state index contributed by atoms with van der Waals surface area (Å²) in [6.07, 6.45) is 0.135. The lowest BCUT2D eigenvalue weighted by molar-refractivity contribution is -0.112. The number of ether oxygens (including phenoxy) is 2. The summed E-state index contributed by atoms with van der Waals surface area (Å²) in [6.45, 7) is 5.34. The molecule has 0 aromatic heterocycles. The molecule has 5 nitrogen and oxygen atoms in total. The predicted octanol–water partition coefficient (Wildman–Crippen LogP) is 4.59. The van der Waals surface area contributed by atoms with Gasteiger partial charge in [0.25, 0.3) is 0 Å². The molecule has 0 bridgehead atoms. The van der Waals surface area contributed by atoms with Crippen molar-refractivity contribution in [3.8, 4) is 11.5 Å². The number of hydrogen-bond acceptors (Lipinski definition) is 4. The fourth-order valence-electron chi connectivity index (χ4n) is 2.25. The Morgan fingerprint density at radius 1 is 1.04 bits per heavy atom. The van der Waals surface area contributed by atoms with Crippen LogP contribution in [0.3, 0.4) is 0 Å². The van der Waals surface area contributed by atoms with Crippen LogP contribution < -0.4 is 4.74 Å². The van der Waals surface area contributed by atoms with Crippen molar-refractivity contribution in [3.63, 3.8) is 0 Å². The summed E-state index contributed by atoms with van der Waals surface area (Å²) in [5.74, 6) is 1.17. The number of benzene rings is 2. The Morgan fingerprint density at radius 2 is 1.64 bits per heavy atom. The number of hydrogen-bond donors (Lipinski definition) is 0. The highest BCUT2D eigenvalue weighted by Crippen LogP contribution is 2.31. The summed E-state index contributed by atoms with van der Waals surface area (Å²) in [5.41, 5.74) is -0.0477. The Hall–Kier alpha value is -2.82. The van der Waals surface area contributed by atoms with E-state index in [1.54, 1.807) is 39.0 Å². The highest BCUT2D eigenvalue weighted by atomic mass is 16.6. The molecule has 1 amide bonds. The molecule has 5 heteroatoms. The van der Waals surface area contributed by atoms with Crippen LogP contribution in [0.1, 0.15) is 32.4 Å². The minimum Gasteiger partial charge on any atom is -0.457 e. The molecule has 2 aromatic carbocycles. The third-order valence-electron chi connectivity index (χ3n) is 3.44. The number of nitrogens with zero attached hydrogens (tertiary/aromatic N) is 1. The second-order valence-corrected chi connectivity index (χ2v) is 6.63. The summed E-state index contributed by atoms with van der Waals surface area (Å²) < 4.78 is 11.2. The zero-order chi connectivity index (χ0) is 18.4. The summed E-state index contributed by atoms with van der Waals surface area (Å²) >= 11 is 0. The molecule has 0 aliphatic rings. The zero-order valence-corrected chi connectivity index (χ0v) is 14.9. The second-order valence-electron chi connectivity index (χ2n) is 6.63. The number of likely N-dealkylation sites (N-methyl/N-ethyl adjacent to an activating group) is 1. The molecule has 132 valence electrons. The maximum absolute atomic E-state index is 12.3. The normalized spacial score (nSPS) is 12.2. The second kappa shape index (κ2) is 7.83. The van der Waals surface area contributed by atoms with Crippen LogP contribution in [0.2, 0.25) is 0 Å². The van der Waals surface area contributed by atoms with Gasteiger partial charge in [-0.25, -0.2) is 4.79 Å². The van der Waals surface area contributed by atoms with E-state index in [0.29, 0.717) is 23.3 Å². The van der Waals surface area contributed by atoms with Crippen LogP contribution in [0.15, 0.2) is 54.6 Å². The Morgan fingerprint density at radius 3 is 2.24 bits per heavy atom. The number of rotatable bonds is 5. The van der Waals surface area contributed by atoms with Crippen LogP contribution in [0, 0.1) is 0 Å². The van der Waals surface area contributed by atoms with Crippen molar-refractivity contribution in [1.82, 2.24) is 4.90 Å². The van der Waals surface area contributed by atoms with Crippen LogP contribution in [0.4, 0.5) is 4.79 Å². The van der Waals surface area contributed by atoms with Crippen molar-refractivity contribution in [2.24, 2.45) is 0 Å². The molecule has 2 aromatic rings. The van der Waals surface area contributed by atoms with Gasteiger partial charge in [-0.2, -0.15) is 0 Å². The summed E-state index contributed by atoms with van der Waals surface area (Å²) in [6, 6.07) is 15.6. The summed E-state index contributed by atoms with van der Waals surface area (Å²) in [5, 5.41) is 0. The van der Waals surface area contributed by atoms with Crippen LogP contribution in [-0.4, -0.2) is 29.9 Å². The molecule has 0 saturated carbocycles. The molecule has 0 saturated heterocycles. The first-order valence-electron chi connectivity index (χ1n) is 8.05. The number of carbonyl (C=O) groups excluding carboxylic acids is 2. The van der Waals surface area contributed by atoms with Gasteiger partial charge >= 0.3 is 6.09 Å². The van der Waals surface area contributed by atoms with Crippen LogP contribution in [-0.2, 0) is 9.53 Å². The lowest BCUT2D eigenvalue weighted by Crippen LogP contribution is -2.37. The van der Waals surface area contributed by atoms with Gasteiger partial charge in [0.1, 0.15) is 29.4 Å². The highest BCUT2D eigenvalue weighted by molar-refractivity contribution is 5.75. The molecule has 0 aliphatic heterocycles. The fourth-order valence-corrected chi connectivity index (χ4v) is 2.25. The Bertz CT molecular complexity index is 722. The average molecular weight is 341 g/mol. The fraction of sp³-hybridized carbons (Fsp3) is 0.300. The van der Waals surface area contributed by atoms with Gasteiger partial charge in [0.05, 0.1) is 0 Å². The Labute approximate surface area is 148 Å². The van der Waals surface area contributed by atoms with E-state index >= 15 is 0 Å². The van der Waals surface area contributed by atoms with Gasteiger partial charge in [0.2, 0.25) is 0 Å². The maximum Gasteiger partial charge on any atom is 0.410 e. The third kappa shape index (κ3) is 5.08. The van der Waals surface area contributed by atoms with E-state index in [0.717, 1.165) is 0 Å². The first-order chi connectivity index (χ1) is 11.8. The lowest BCUT2D eigenvalue weighted by Gasteiger charge is -2.28. The molecule has 0 radical (unpaired) electrons. The first-order valence-corrected chi connectivity index (χ1v) is 8.05. The monoisotopic (exact) mass is 341 g/mol. The largest absolute Gasteiger partial charge is 0.457 e. The van der Waals surface area contributed by atoms with Crippen molar-refractivity contribution in [2.75, 3.05) is 7.05 Å². The molecule has 0 fully saturated rings. The zero-order valence-electron chi connectivity index (χ0n) is 14.9. The maximum atomic E-state index is 12.3. The number of para-hydroxylation sites is 2. The third-order valence-corrected chi connectivity index (χ3v) is 3.44. The molecular formula is C20H23NO4. The topological polar surface area (TPSA) is 55.8 Å². The van der Waals surface area contributed by atoms with E-state index in [1.165, 1.54) is 11.9 Å². The van der Waals surface area contributed by atoms with E-state index in [-0.39, 0.29) is 0 Å². The molecule has 2 rings (SSSR count). The van der Waals surface area contributed by atoms with E-state index in [1.807, 2.05) is 36.4 Å². The molecule has 0 N–H and O–H groups in total. The van der Waals surface area contributed by atoms with Crippen molar-refractivity contribution < 1.29 is 19.1 Å². The molecule has 0 aliphatic carbocycles. The van der Waals surface area contributed by atoms with Gasteiger partial charge in [-0.1, -0.05) is 36.4 Å². The van der Waals surface area contributed by atoms with Crippen molar-refractivity contribution in [2.45, 2.75) is 32.4 Å². The average Bonchev–Trinajstić information content (AvgIpc) is 2.56. The molecular weight excluding hydrogens is 318 g/mol. The van der Waals surface area contributed by atoms with Crippen molar-refractivity contribution >= 4 is 12.4 Å². The summed E-state index contributed by atoms with van der Waals surface area (Å²) in [7, 11) is 1.53. The minimum atomic E-state index is -0.810. The van der Waals surface area contributed by atoms with Gasteiger partial charge in [-0.15, -0.1) is 0 Å². The molecule has 1 atom stereocenters. The SMILES string of the molecule is CN(C(=O)OC(C)(C)C)C(C=O)c1ccccc1Oc1ccccc1. The summed E-state index contributed by atoms with van der Waals surface area (Å²) in [4.78, 5) is 25.3. The van der Waals surface area contributed by atoms with Crippen molar-refractivity contribution in [1.29, 1.82) is 0 Å². The van der Waals surface area contributed by atoms with E-state index < -0.39 is 17.7 Å². The minimum absolute atomic E-state index is 0.515. The van der Waals surface area contributed by atoms with Gasteiger partial charge in [-0.05, 0) is 39.0 Å². The molecule has 0 spiro atoms. The van der Waals surface area contributed by atoms with Crippen LogP contribution in [0.5, 0.6) is 11.5 Å². The predicted molar refractivity (Wildman–Crippen MR) is 95.8 cm³/mol. The lowest BCUT2D eigenvalue weighted by atomic mass is 10.1.